The monoisotopic (exact) mass is 279 g/mol. The maximum atomic E-state index is 12.6. The number of aliphatic hydroxyl groups excluding tert-OH is 1. The summed E-state index contributed by atoms with van der Waals surface area (Å²) in [5, 5.41) is 9.43. The summed E-state index contributed by atoms with van der Waals surface area (Å²) in [6.07, 6.45) is -3.20. The van der Waals surface area contributed by atoms with Gasteiger partial charge < -0.3 is 5.11 Å². The molecule has 112 valence electrons. The quantitative estimate of drug-likeness (QED) is 0.855. The number of hydrogen-bond acceptors (Lipinski definition) is 2. The van der Waals surface area contributed by atoms with Gasteiger partial charge in [-0.3, -0.25) is 4.90 Å². The highest BCUT2D eigenvalue weighted by atomic mass is 19.4. The molecule has 1 aliphatic carbocycles. The van der Waals surface area contributed by atoms with E-state index in [0.29, 0.717) is 24.8 Å². The van der Waals surface area contributed by atoms with Crippen LogP contribution in [0.25, 0.3) is 0 Å². The summed E-state index contributed by atoms with van der Waals surface area (Å²) in [7, 11) is 0. The highest BCUT2D eigenvalue weighted by molar-refractivity contribution is 4.92. The summed E-state index contributed by atoms with van der Waals surface area (Å²) in [6, 6.07) is -0.724. The van der Waals surface area contributed by atoms with Crippen molar-refractivity contribution in [2.75, 3.05) is 13.1 Å². The molecule has 1 saturated carbocycles. The van der Waals surface area contributed by atoms with E-state index < -0.39 is 18.3 Å². The van der Waals surface area contributed by atoms with E-state index in [1.807, 2.05) is 4.90 Å². The van der Waals surface area contributed by atoms with Crippen molar-refractivity contribution in [2.45, 2.75) is 57.9 Å². The first-order valence-electron chi connectivity index (χ1n) is 7.28. The molecular weight excluding hydrogens is 255 g/mol. The van der Waals surface area contributed by atoms with E-state index in [1.54, 1.807) is 0 Å². The molecule has 1 N–H and O–H groups in total. The largest absolute Gasteiger partial charge is 0.415 e. The van der Waals surface area contributed by atoms with Gasteiger partial charge in [0, 0.05) is 12.6 Å². The molecule has 2 aliphatic rings. The van der Waals surface area contributed by atoms with E-state index >= 15 is 0 Å². The van der Waals surface area contributed by atoms with Gasteiger partial charge in [-0.1, -0.05) is 13.8 Å². The SMILES string of the molecule is CC(C)[C@H]1C[C@@H](CN2CCC[C@H]2[C@H](O)C(F)(F)F)C1. The lowest BCUT2D eigenvalue weighted by molar-refractivity contribution is -0.219. The third-order valence-corrected chi connectivity index (χ3v) is 4.82. The molecular formula is C14H24F3NO. The van der Waals surface area contributed by atoms with Crippen LogP contribution in [0.2, 0.25) is 0 Å². The minimum absolute atomic E-state index is 0.459. The summed E-state index contributed by atoms with van der Waals surface area (Å²) < 4.78 is 37.8. The standard InChI is InChI=1S/C14H24F3NO/c1-9(2)11-6-10(7-11)8-18-5-3-4-12(18)13(19)14(15,16)17/h9-13,19H,3-8H2,1-2H3/t10-,11+,12-,13-/m0/s1. The number of aliphatic hydroxyl groups is 1. The maximum absolute atomic E-state index is 12.6. The van der Waals surface area contributed by atoms with Crippen LogP contribution in [0.5, 0.6) is 0 Å². The molecule has 2 fully saturated rings. The first kappa shape index (κ1) is 15.1. The highest BCUT2D eigenvalue weighted by Gasteiger charge is 2.47. The summed E-state index contributed by atoms with van der Waals surface area (Å²) in [6.45, 7) is 5.82. The van der Waals surface area contributed by atoms with Gasteiger partial charge in [0.15, 0.2) is 6.10 Å². The van der Waals surface area contributed by atoms with Crippen molar-refractivity contribution < 1.29 is 18.3 Å². The van der Waals surface area contributed by atoms with Crippen LogP contribution in [0.3, 0.4) is 0 Å². The molecule has 1 heterocycles. The van der Waals surface area contributed by atoms with Gasteiger partial charge in [0.1, 0.15) is 0 Å². The van der Waals surface area contributed by atoms with Crippen molar-refractivity contribution in [3.63, 3.8) is 0 Å². The number of hydrogen-bond donors (Lipinski definition) is 1. The topological polar surface area (TPSA) is 23.5 Å². The summed E-state index contributed by atoms with van der Waals surface area (Å²) in [5.74, 6) is 1.93. The van der Waals surface area contributed by atoms with E-state index in [4.69, 9.17) is 0 Å². The second-order valence-electron chi connectivity index (χ2n) is 6.53. The summed E-state index contributed by atoms with van der Waals surface area (Å²) in [5.41, 5.74) is 0. The number of rotatable bonds is 4. The first-order chi connectivity index (χ1) is 8.79. The van der Waals surface area contributed by atoms with Gasteiger partial charge in [0.05, 0.1) is 0 Å². The molecule has 0 aromatic rings. The zero-order valence-corrected chi connectivity index (χ0v) is 11.7. The Balaban J connectivity index is 1.84. The second kappa shape index (κ2) is 5.60. The van der Waals surface area contributed by atoms with Crippen LogP contribution < -0.4 is 0 Å². The van der Waals surface area contributed by atoms with Gasteiger partial charge in [0.25, 0.3) is 0 Å². The molecule has 0 unspecified atom stereocenters. The van der Waals surface area contributed by atoms with E-state index in [-0.39, 0.29) is 0 Å². The number of halogens is 3. The molecule has 2 rings (SSSR count). The maximum Gasteiger partial charge on any atom is 0.415 e. The van der Waals surface area contributed by atoms with Crippen LogP contribution in [-0.4, -0.2) is 41.4 Å². The molecule has 5 heteroatoms. The fourth-order valence-electron chi connectivity index (χ4n) is 3.47. The third kappa shape index (κ3) is 3.43. The van der Waals surface area contributed by atoms with Crippen LogP contribution in [0.15, 0.2) is 0 Å². The Labute approximate surface area is 113 Å². The van der Waals surface area contributed by atoms with Crippen molar-refractivity contribution in [2.24, 2.45) is 17.8 Å². The summed E-state index contributed by atoms with van der Waals surface area (Å²) >= 11 is 0. The fourth-order valence-corrected chi connectivity index (χ4v) is 3.47. The van der Waals surface area contributed by atoms with Gasteiger partial charge in [-0.2, -0.15) is 13.2 Å². The lowest BCUT2D eigenvalue weighted by atomic mass is 9.69. The van der Waals surface area contributed by atoms with Gasteiger partial charge in [-0.15, -0.1) is 0 Å². The smallest absolute Gasteiger partial charge is 0.382 e. The van der Waals surface area contributed by atoms with Crippen LogP contribution in [0, 0.1) is 17.8 Å². The molecule has 0 aromatic heterocycles. The van der Waals surface area contributed by atoms with Crippen molar-refractivity contribution in [1.29, 1.82) is 0 Å². The highest BCUT2D eigenvalue weighted by Crippen LogP contribution is 2.40. The van der Waals surface area contributed by atoms with Gasteiger partial charge >= 0.3 is 6.18 Å². The zero-order chi connectivity index (χ0) is 14.2. The van der Waals surface area contributed by atoms with Crippen LogP contribution in [-0.2, 0) is 0 Å². The Hall–Kier alpha value is -0.290. The van der Waals surface area contributed by atoms with E-state index in [2.05, 4.69) is 13.8 Å². The fraction of sp³-hybridized carbons (Fsp3) is 1.00. The molecule has 19 heavy (non-hydrogen) atoms. The van der Waals surface area contributed by atoms with E-state index in [9.17, 15) is 18.3 Å². The van der Waals surface area contributed by atoms with Crippen molar-refractivity contribution in [3.8, 4) is 0 Å². The van der Waals surface area contributed by atoms with Crippen LogP contribution >= 0.6 is 0 Å². The van der Waals surface area contributed by atoms with Gasteiger partial charge in [-0.05, 0) is 50.0 Å². The first-order valence-corrected chi connectivity index (χ1v) is 7.28. The van der Waals surface area contributed by atoms with Crippen molar-refractivity contribution >= 4 is 0 Å². The Morgan fingerprint density at radius 2 is 1.89 bits per heavy atom. The van der Waals surface area contributed by atoms with Gasteiger partial charge in [-0.25, -0.2) is 0 Å². The number of alkyl halides is 3. The van der Waals surface area contributed by atoms with E-state index in [0.717, 1.165) is 31.7 Å². The van der Waals surface area contributed by atoms with E-state index in [1.165, 1.54) is 0 Å². The van der Waals surface area contributed by atoms with Crippen LogP contribution in [0.4, 0.5) is 13.2 Å². The third-order valence-electron chi connectivity index (χ3n) is 4.82. The minimum atomic E-state index is -4.49. The zero-order valence-electron chi connectivity index (χ0n) is 11.7. The lowest BCUT2D eigenvalue weighted by Crippen LogP contribution is -2.49. The molecule has 0 aromatic carbocycles. The average molecular weight is 279 g/mol. The van der Waals surface area contributed by atoms with Gasteiger partial charge in [0.2, 0.25) is 0 Å². The Bertz CT molecular complexity index is 300. The Kier molecular flexibility index (Phi) is 4.45. The minimum Gasteiger partial charge on any atom is -0.382 e. The molecule has 2 nitrogen and oxygen atoms in total. The second-order valence-corrected chi connectivity index (χ2v) is 6.53. The average Bonchev–Trinajstić information content (AvgIpc) is 2.67. The molecule has 0 radical (unpaired) electrons. The predicted octanol–water partition coefficient (Wildman–Crippen LogP) is 3.06. The Morgan fingerprint density at radius 1 is 1.26 bits per heavy atom. The van der Waals surface area contributed by atoms with Crippen molar-refractivity contribution in [3.05, 3.63) is 0 Å². The van der Waals surface area contributed by atoms with Crippen molar-refractivity contribution in [1.82, 2.24) is 4.90 Å². The van der Waals surface area contributed by atoms with Crippen LogP contribution in [0.1, 0.15) is 39.5 Å². The summed E-state index contributed by atoms with van der Waals surface area (Å²) in [4.78, 5) is 1.86. The molecule has 1 aliphatic heterocycles. The number of likely N-dealkylation sites (tertiary alicyclic amines) is 1. The Morgan fingerprint density at radius 3 is 2.42 bits per heavy atom. The molecule has 0 bridgehead atoms. The normalized spacial score (nSPS) is 34.6. The molecule has 2 atom stereocenters. The number of nitrogens with zero attached hydrogens (tertiary/aromatic N) is 1. The predicted molar refractivity (Wildman–Crippen MR) is 67.7 cm³/mol. The molecule has 1 saturated heterocycles. The molecule has 0 spiro atoms. The molecule has 0 amide bonds. The lowest BCUT2D eigenvalue weighted by Gasteiger charge is -2.41.